The lowest BCUT2D eigenvalue weighted by Gasteiger charge is -2.36. The first-order chi connectivity index (χ1) is 9.05. The maximum atomic E-state index is 12.4. The van der Waals surface area contributed by atoms with Gasteiger partial charge in [0, 0.05) is 6.42 Å². The van der Waals surface area contributed by atoms with Crippen molar-refractivity contribution < 1.29 is 4.79 Å². The number of carbonyl (C=O) groups excluding carboxylic acids is 1. The van der Waals surface area contributed by atoms with E-state index in [2.05, 4.69) is 24.4 Å². The van der Waals surface area contributed by atoms with Crippen molar-refractivity contribution in [1.29, 1.82) is 0 Å². The largest absolute Gasteiger partial charge is 0.306 e. The molecule has 0 bridgehead atoms. The predicted octanol–water partition coefficient (Wildman–Crippen LogP) is 3.29. The second-order valence-corrected chi connectivity index (χ2v) is 7.52. The Labute approximate surface area is 116 Å². The Morgan fingerprint density at radius 1 is 1.32 bits per heavy atom. The van der Waals surface area contributed by atoms with Crippen LogP contribution in [0.3, 0.4) is 0 Å². The summed E-state index contributed by atoms with van der Waals surface area (Å²) in [4.78, 5) is 12.4. The summed E-state index contributed by atoms with van der Waals surface area (Å²) in [7, 11) is 0. The Morgan fingerprint density at radius 2 is 2.05 bits per heavy atom. The molecule has 0 aromatic rings. The average Bonchev–Trinajstić information content (AvgIpc) is 2.93. The maximum absolute atomic E-state index is 12.4. The lowest BCUT2D eigenvalue weighted by molar-refractivity contribution is -0.126. The van der Waals surface area contributed by atoms with E-state index in [0.29, 0.717) is 5.78 Å². The number of carbonyl (C=O) groups is 1. The fourth-order valence-corrected chi connectivity index (χ4v) is 4.23. The van der Waals surface area contributed by atoms with Crippen LogP contribution < -0.4 is 5.43 Å². The highest BCUT2D eigenvalue weighted by atomic mass is 16.1. The number of hydrogen-bond acceptors (Lipinski definition) is 3. The minimum atomic E-state index is 0.0921. The summed E-state index contributed by atoms with van der Waals surface area (Å²) in [5, 5.41) is 4.50. The number of hydrogen-bond donors (Lipinski definition) is 1. The molecule has 3 nitrogen and oxygen atoms in total. The van der Waals surface area contributed by atoms with Crippen molar-refractivity contribution in [3.8, 4) is 0 Å². The van der Waals surface area contributed by atoms with Gasteiger partial charge >= 0.3 is 0 Å². The summed E-state index contributed by atoms with van der Waals surface area (Å²) in [5.74, 6) is 1.39. The van der Waals surface area contributed by atoms with Crippen LogP contribution in [0, 0.1) is 17.3 Å². The summed E-state index contributed by atoms with van der Waals surface area (Å²) >= 11 is 0. The molecule has 1 heterocycles. The van der Waals surface area contributed by atoms with Crippen LogP contribution in [-0.2, 0) is 4.79 Å². The molecular formula is C16H26N2O. The van der Waals surface area contributed by atoms with Crippen LogP contribution >= 0.6 is 0 Å². The minimum Gasteiger partial charge on any atom is -0.306 e. The normalized spacial score (nSPS) is 34.0. The molecule has 0 amide bonds. The van der Waals surface area contributed by atoms with Crippen LogP contribution in [0.5, 0.6) is 0 Å². The van der Waals surface area contributed by atoms with Gasteiger partial charge in [0.2, 0.25) is 0 Å². The molecule has 2 atom stereocenters. The van der Waals surface area contributed by atoms with Crippen molar-refractivity contribution in [2.45, 2.75) is 71.3 Å². The van der Waals surface area contributed by atoms with Crippen LogP contribution in [0.25, 0.3) is 0 Å². The van der Waals surface area contributed by atoms with Crippen LogP contribution in [0.15, 0.2) is 5.10 Å². The molecule has 0 aromatic carbocycles. The first kappa shape index (κ1) is 13.1. The van der Waals surface area contributed by atoms with Gasteiger partial charge in [-0.25, -0.2) is 0 Å². The number of nitrogens with one attached hydrogen (secondary N) is 1. The molecule has 0 saturated heterocycles. The maximum Gasteiger partial charge on any atom is 0.144 e. The van der Waals surface area contributed by atoms with Crippen LogP contribution in [-0.4, -0.2) is 17.5 Å². The summed E-state index contributed by atoms with van der Waals surface area (Å²) in [6, 6.07) is 0.273. The Bertz CT molecular complexity index is 394. The van der Waals surface area contributed by atoms with Gasteiger partial charge in [-0.15, -0.1) is 0 Å². The lowest BCUT2D eigenvalue weighted by atomic mass is 9.68. The third-order valence-electron chi connectivity index (χ3n) is 5.19. The molecule has 2 fully saturated rings. The zero-order valence-corrected chi connectivity index (χ0v) is 12.2. The summed E-state index contributed by atoms with van der Waals surface area (Å²) in [6.45, 7) is 4.39. The molecule has 0 unspecified atom stereocenters. The van der Waals surface area contributed by atoms with E-state index in [1.807, 2.05) is 0 Å². The Morgan fingerprint density at radius 3 is 2.79 bits per heavy atom. The third-order valence-corrected chi connectivity index (χ3v) is 5.19. The number of rotatable bonds is 3. The first-order valence-corrected chi connectivity index (χ1v) is 7.90. The Kier molecular flexibility index (Phi) is 3.40. The van der Waals surface area contributed by atoms with Crippen molar-refractivity contribution in [2.75, 3.05) is 0 Å². The van der Waals surface area contributed by atoms with E-state index in [1.165, 1.54) is 32.1 Å². The summed E-state index contributed by atoms with van der Waals surface area (Å²) < 4.78 is 0. The summed E-state index contributed by atoms with van der Waals surface area (Å²) in [6.07, 6.45) is 9.62. The number of nitrogens with zero attached hydrogens (tertiary/aromatic N) is 1. The highest BCUT2D eigenvalue weighted by Crippen LogP contribution is 2.39. The number of Topliss-reactive ketones (excluding diaryl/α,β-unsaturated/α-hetero) is 1. The van der Waals surface area contributed by atoms with E-state index in [0.717, 1.165) is 30.9 Å². The van der Waals surface area contributed by atoms with Gasteiger partial charge in [-0.05, 0) is 30.6 Å². The molecule has 1 aliphatic heterocycles. The molecule has 3 heteroatoms. The average molecular weight is 262 g/mol. The van der Waals surface area contributed by atoms with Gasteiger partial charge in [0.15, 0.2) is 0 Å². The topological polar surface area (TPSA) is 41.5 Å². The molecular weight excluding hydrogens is 236 g/mol. The molecule has 0 aromatic heterocycles. The molecule has 106 valence electrons. The van der Waals surface area contributed by atoms with Gasteiger partial charge in [0.05, 0.1) is 17.7 Å². The van der Waals surface area contributed by atoms with E-state index in [-0.39, 0.29) is 17.4 Å². The van der Waals surface area contributed by atoms with Crippen molar-refractivity contribution in [3.63, 3.8) is 0 Å². The van der Waals surface area contributed by atoms with Crippen molar-refractivity contribution in [2.24, 2.45) is 22.4 Å². The van der Waals surface area contributed by atoms with Crippen molar-refractivity contribution in [3.05, 3.63) is 0 Å². The second-order valence-electron chi connectivity index (χ2n) is 7.52. The standard InChI is InChI=1S/C16H26N2O/c1-16(2)9-13-15(14(19)10-16)12(17-18-13)8-7-11-5-3-4-6-11/h11,13,15,18H,3-10H2,1-2H3/t13-,15-/m1/s1. The van der Waals surface area contributed by atoms with E-state index in [1.54, 1.807) is 0 Å². The van der Waals surface area contributed by atoms with Gasteiger partial charge in [0.25, 0.3) is 0 Å². The van der Waals surface area contributed by atoms with Gasteiger partial charge < -0.3 is 5.43 Å². The molecule has 3 rings (SSSR count). The minimum absolute atomic E-state index is 0.0921. The van der Waals surface area contributed by atoms with Gasteiger partial charge in [0.1, 0.15) is 5.78 Å². The highest BCUT2D eigenvalue weighted by molar-refractivity contribution is 6.07. The molecule has 2 saturated carbocycles. The zero-order chi connectivity index (χ0) is 13.5. The molecule has 0 spiro atoms. The summed E-state index contributed by atoms with van der Waals surface area (Å²) in [5.41, 5.74) is 4.53. The second kappa shape index (κ2) is 4.92. The Hall–Kier alpha value is -0.860. The van der Waals surface area contributed by atoms with E-state index in [4.69, 9.17) is 0 Å². The molecule has 0 radical (unpaired) electrons. The van der Waals surface area contributed by atoms with Crippen LogP contribution in [0.2, 0.25) is 0 Å². The number of hydrazone groups is 1. The van der Waals surface area contributed by atoms with Crippen molar-refractivity contribution in [1.82, 2.24) is 5.43 Å². The van der Waals surface area contributed by atoms with Gasteiger partial charge in [-0.1, -0.05) is 39.5 Å². The lowest BCUT2D eigenvalue weighted by Crippen LogP contribution is -2.45. The van der Waals surface area contributed by atoms with Crippen LogP contribution in [0.4, 0.5) is 0 Å². The highest BCUT2D eigenvalue weighted by Gasteiger charge is 2.45. The van der Waals surface area contributed by atoms with Crippen molar-refractivity contribution >= 4 is 11.5 Å². The fourth-order valence-electron chi connectivity index (χ4n) is 4.23. The SMILES string of the molecule is CC1(C)CC(=O)[C@@H]2C(CCC3CCCC3)=NN[C@@H]2C1. The smallest absolute Gasteiger partial charge is 0.144 e. The van der Waals surface area contributed by atoms with Crippen LogP contribution in [0.1, 0.15) is 65.2 Å². The predicted molar refractivity (Wildman–Crippen MR) is 77.1 cm³/mol. The molecule has 2 aliphatic carbocycles. The molecule has 19 heavy (non-hydrogen) atoms. The fraction of sp³-hybridized carbons (Fsp3) is 0.875. The Balaban J connectivity index is 1.60. The van der Waals surface area contributed by atoms with Gasteiger partial charge in [-0.2, -0.15) is 5.10 Å². The first-order valence-electron chi connectivity index (χ1n) is 7.90. The zero-order valence-electron chi connectivity index (χ0n) is 12.2. The monoisotopic (exact) mass is 262 g/mol. The number of fused-ring (bicyclic) bond motifs is 1. The van der Waals surface area contributed by atoms with E-state index < -0.39 is 0 Å². The quantitative estimate of drug-likeness (QED) is 0.848. The molecule has 1 N–H and O–H groups in total. The third kappa shape index (κ3) is 2.70. The van der Waals surface area contributed by atoms with E-state index in [9.17, 15) is 4.79 Å². The van der Waals surface area contributed by atoms with Gasteiger partial charge in [-0.3, -0.25) is 4.79 Å². The van der Waals surface area contributed by atoms with E-state index >= 15 is 0 Å². The number of ketones is 1. The molecule has 3 aliphatic rings.